The van der Waals surface area contributed by atoms with Gasteiger partial charge in [-0.25, -0.2) is 19.3 Å². The van der Waals surface area contributed by atoms with Gasteiger partial charge in [0.15, 0.2) is 5.82 Å². The van der Waals surface area contributed by atoms with Crippen molar-refractivity contribution in [3.05, 3.63) is 48.1 Å². The third-order valence-electron chi connectivity index (χ3n) is 12.9. The molecular formula is C39H50FN9O2. The first-order valence-corrected chi connectivity index (χ1v) is 19.1. The van der Waals surface area contributed by atoms with E-state index in [1.165, 1.54) is 44.3 Å². The minimum absolute atomic E-state index is 0.221. The lowest BCUT2D eigenvalue weighted by Crippen LogP contribution is -2.65. The van der Waals surface area contributed by atoms with Gasteiger partial charge < -0.3 is 14.5 Å². The van der Waals surface area contributed by atoms with Gasteiger partial charge in [-0.05, 0) is 82.0 Å². The van der Waals surface area contributed by atoms with Gasteiger partial charge >= 0.3 is 0 Å². The molecule has 0 unspecified atom stereocenters. The van der Waals surface area contributed by atoms with E-state index in [9.17, 15) is 9.18 Å². The Morgan fingerprint density at radius 3 is 2.49 bits per heavy atom. The predicted molar refractivity (Wildman–Crippen MR) is 191 cm³/mol. The van der Waals surface area contributed by atoms with Crippen LogP contribution in [0.1, 0.15) is 76.7 Å². The molecule has 1 aromatic carbocycles. The summed E-state index contributed by atoms with van der Waals surface area (Å²) in [6.07, 6.45) is 10.3. The molecule has 1 atom stereocenters. The van der Waals surface area contributed by atoms with Gasteiger partial charge in [-0.3, -0.25) is 14.6 Å². The van der Waals surface area contributed by atoms with E-state index in [2.05, 4.69) is 48.7 Å². The molecule has 0 bridgehead atoms. The third kappa shape index (κ3) is 6.05. The van der Waals surface area contributed by atoms with E-state index in [-0.39, 0.29) is 17.1 Å². The first-order valence-electron chi connectivity index (χ1n) is 19.1. The molecule has 2 aromatic heterocycles. The number of ether oxygens (including phenoxy) is 1. The lowest BCUT2D eigenvalue weighted by Gasteiger charge is -2.57. The van der Waals surface area contributed by atoms with E-state index >= 15 is 0 Å². The number of hydrogen-bond donors (Lipinski definition) is 0. The highest BCUT2D eigenvalue weighted by Crippen LogP contribution is 2.50. The SMILES string of the molecule is CC(=O)N1CC2(CCN(C3CC([C@H](C(C)C)N4CC5(CCN(c6ncnnc6Oc6ccc(F)cc6-c6cnc(C)nc6C6CC6)C5)C4)C3)C2)C1. The second-order valence-electron chi connectivity index (χ2n) is 17.1. The van der Waals surface area contributed by atoms with Crippen LogP contribution in [-0.2, 0) is 4.79 Å². The summed E-state index contributed by atoms with van der Waals surface area (Å²) in [7, 11) is 0. The number of nitrogens with zero attached hydrogens (tertiary/aromatic N) is 9. The fraction of sp³-hybridized carbons (Fsp3) is 0.641. The Kier molecular flexibility index (Phi) is 8.06. The first-order chi connectivity index (χ1) is 24.6. The largest absolute Gasteiger partial charge is 0.434 e. The molecule has 4 aliphatic heterocycles. The molecule has 2 saturated carbocycles. The van der Waals surface area contributed by atoms with E-state index in [4.69, 9.17) is 9.72 Å². The molecule has 1 amide bonds. The number of carbonyl (C=O) groups excluding carboxylic acids is 1. The van der Waals surface area contributed by atoms with E-state index in [1.807, 2.05) is 11.8 Å². The lowest BCUT2D eigenvalue weighted by molar-refractivity contribution is -0.140. The van der Waals surface area contributed by atoms with Crippen molar-refractivity contribution in [3.8, 4) is 22.8 Å². The number of rotatable bonds is 9. The maximum absolute atomic E-state index is 14.7. The van der Waals surface area contributed by atoms with Gasteiger partial charge in [-0.2, -0.15) is 0 Å². The van der Waals surface area contributed by atoms with Crippen LogP contribution in [0.15, 0.2) is 30.7 Å². The van der Waals surface area contributed by atoms with Gasteiger partial charge in [-0.15, -0.1) is 10.2 Å². The summed E-state index contributed by atoms with van der Waals surface area (Å²) >= 11 is 0. The smallest absolute Gasteiger partial charge is 0.282 e. The lowest BCUT2D eigenvalue weighted by atomic mass is 9.68. The van der Waals surface area contributed by atoms with Crippen molar-refractivity contribution in [1.82, 2.24) is 39.8 Å². The van der Waals surface area contributed by atoms with Gasteiger partial charge in [0.1, 0.15) is 23.7 Å². The molecular weight excluding hydrogens is 645 g/mol. The van der Waals surface area contributed by atoms with Crippen LogP contribution in [0.5, 0.6) is 11.6 Å². The van der Waals surface area contributed by atoms with Crippen molar-refractivity contribution >= 4 is 11.7 Å². The number of aryl methyl sites for hydroxylation is 1. The quantitative estimate of drug-likeness (QED) is 0.293. The van der Waals surface area contributed by atoms with Crippen LogP contribution in [0.3, 0.4) is 0 Å². The Bertz CT molecular complexity index is 1820. The number of amides is 1. The number of benzene rings is 1. The molecule has 6 heterocycles. The highest BCUT2D eigenvalue weighted by atomic mass is 19.1. The monoisotopic (exact) mass is 695 g/mol. The normalized spacial score (nSPS) is 26.0. The van der Waals surface area contributed by atoms with Crippen molar-refractivity contribution < 1.29 is 13.9 Å². The molecule has 3 aromatic rings. The minimum Gasteiger partial charge on any atom is -0.434 e. The zero-order valence-electron chi connectivity index (χ0n) is 30.4. The maximum atomic E-state index is 14.7. The number of carbonyl (C=O) groups is 1. The van der Waals surface area contributed by atoms with Crippen molar-refractivity contribution in [2.75, 3.05) is 57.3 Å². The van der Waals surface area contributed by atoms with Gasteiger partial charge in [0.05, 0.1) is 5.69 Å². The van der Waals surface area contributed by atoms with E-state index in [0.717, 1.165) is 82.3 Å². The van der Waals surface area contributed by atoms with Crippen LogP contribution in [0.4, 0.5) is 10.2 Å². The molecule has 9 rings (SSSR count). The fourth-order valence-corrected chi connectivity index (χ4v) is 10.2. The van der Waals surface area contributed by atoms with Crippen LogP contribution in [-0.4, -0.2) is 110 Å². The molecule has 11 nitrogen and oxygen atoms in total. The molecule has 0 N–H and O–H groups in total. The summed E-state index contributed by atoms with van der Waals surface area (Å²) in [4.78, 5) is 35.4. The average molecular weight is 696 g/mol. The molecule has 0 radical (unpaired) electrons. The van der Waals surface area contributed by atoms with Crippen molar-refractivity contribution in [1.29, 1.82) is 0 Å². The highest BCUT2D eigenvalue weighted by Gasteiger charge is 2.55. The first kappa shape index (κ1) is 33.1. The van der Waals surface area contributed by atoms with E-state index < -0.39 is 0 Å². The van der Waals surface area contributed by atoms with E-state index in [1.54, 1.807) is 19.2 Å². The Morgan fingerprint density at radius 1 is 0.980 bits per heavy atom. The molecule has 12 heteroatoms. The molecule has 6 fully saturated rings. The molecule has 2 spiro atoms. The Labute approximate surface area is 300 Å². The predicted octanol–water partition coefficient (Wildman–Crippen LogP) is 5.32. The zero-order valence-corrected chi connectivity index (χ0v) is 30.4. The molecule has 2 aliphatic carbocycles. The van der Waals surface area contributed by atoms with Crippen molar-refractivity contribution in [2.45, 2.75) is 84.2 Å². The summed E-state index contributed by atoms with van der Waals surface area (Å²) in [6, 6.07) is 5.88. The van der Waals surface area contributed by atoms with Crippen LogP contribution < -0.4 is 9.64 Å². The minimum atomic E-state index is -0.342. The van der Waals surface area contributed by atoms with Crippen LogP contribution in [0.2, 0.25) is 0 Å². The molecule has 270 valence electrons. The summed E-state index contributed by atoms with van der Waals surface area (Å²) < 4.78 is 21.1. The summed E-state index contributed by atoms with van der Waals surface area (Å²) in [5, 5.41) is 8.48. The second kappa shape index (κ2) is 12.4. The van der Waals surface area contributed by atoms with Crippen LogP contribution in [0, 0.1) is 35.4 Å². The number of anilines is 1. The molecule has 51 heavy (non-hydrogen) atoms. The standard InChI is InChI=1S/C39H50FN9O2/c1-24(2)35(28-13-30(14-28)46-11-9-38(17-46)19-48(20-38)26(4)50)49-21-39(22-49)10-12-47(18-39)36-37(45-43-23-42-36)51-33-8-7-29(40)15-31(33)32-16-41-25(3)44-34(32)27-5-6-27/h7-8,15-16,23-24,27-28,30,35H,5-6,9-14,17-22H2,1-4H3/t28?,30?,35-/m0/s1. The topological polar surface area (TPSA) is 104 Å². The molecule has 4 saturated heterocycles. The number of hydrogen-bond acceptors (Lipinski definition) is 10. The number of halogens is 1. The highest BCUT2D eigenvalue weighted by molar-refractivity contribution is 5.74. The van der Waals surface area contributed by atoms with Gasteiger partial charge in [-0.1, -0.05) is 13.8 Å². The summed E-state index contributed by atoms with van der Waals surface area (Å²) in [5.74, 6) is 3.81. The Hall–Kier alpha value is -3.77. The Morgan fingerprint density at radius 2 is 1.75 bits per heavy atom. The van der Waals surface area contributed by atoms with Gasteiger partial charge in [0.2, 0.25) is 5.91 Å². The maximum Gasteiger partial charge on any atom is 0.282 e. The Balaban J connectivity index is 0.847. The third-order valence-corrected chi connectivity index (χ3v) is 12.9. The zero-order chi connectivity index (χ0) is 35.1. The van der Waals surface area contributed by atoms with Gasteiger partial charge in [0, 0.05) is 98.9 Å². The molecule has 6 aliphatic rings. The van der Waals surface area contributed by atoms with Crippen LogP contribution >= 0.6 is 0 Å². The summed E-state index contributed by atoms with van der Waals surface area (Å²) in [5.41, 5.74) is 2.95. The van der Waals surface area contributed by atoms with Crippen molar-refractivity contribution in [2.24, 2.45) is 22.7 Å². The number of likely N-dealkylation sites (tertiary alicyclic amines) is 3. The number of aromatic nitrogens is 5. The van der Waals surface area contributed by atoms with Crippen molar-refractivity contribution in [3.63, 3.8) is 0 Å². The van der Waals surface area contributed by atoms with Gasteiger partial charge in [0.25, 0.3) is 5.88 Å². The summed E-state index contributed by atoms with van der Waals surface area (Å²) in [6.45, 7) is 16.6. The van der Waals surface area contributed by atoms with E-state index in [0.29, 0.717) is 58.2 Å². The second-order valence-corrected chi connectivity index (χ2v) is 17.1. The average Bonchev–Trinajstić information content (AvgIpc) is 3.65. The fourth-order valence-electron chi connectivity index (χ4n) is 10.2. The van der Waals surface area contributed by atoms with Crippen LogP contribution in [0.25, 0.3) is 11.1 Å².